The molecule has 284 valence electrons. The molecule has 7 heterocycles. The van der Waals surface area contributed by atoms with Crippen LogP contribution in [0.4, 0.5) is 24.9 Å². The molecule has 2 bridgehead atoms. The molecule has 4 aromatic rings. The van der Waals surface area contributed by atoms with Crippen molar-refractivity contribution in [3.63, 3.8) is 0 Å². The summed E-state index contributed by atoms with van der Waals surface area (Å²) < 4.78 is 48.6. The Morgan fingerprint density at radius 3 is 2.39 bits per heavy atom. The van der Waals surface area contributed by atoms with Crippen LogP contribution in [0.25, 0.3) is 32.9 Å². The van der Waals surface area contributed by atoms with Gasteiger partial charge in [0.1, 0.15) is 11.3 Å². The number of nitrogens with one attached hydrogen (secondary N) is 1. The molecule has 1 spiro atoms. The number of carbonyl (C=O) groups is 1. The molecule has 6 aliphatic rings. The summed E-state index contributed by atoms with van der Waals surface area (Å²) in [5.41, 5.74) is 4.73. The zero-order valence-corrected chi connectivity index (χ0v) is 30.8. The molecule has 2 aromatic carbocycles. The lowest BCUT2D eigenvalue weighted by atomic mass is 9.72. The minimum Gasteiger partial charge on any atom is -0.481 e. The van der Waals surface area contributed by atoms with Gasteiger partial charge in [-0.15, -0.1) is 0 Å². The minimum atomic E-state index is -4.54. The highest BCUT2D eigenvalue weighted by Crippen LogP contribution is 2.53. The van der Waals surface area contributed by atoms with Crippen LogP contribution in [-0.4, -0.2) is 106 Å². The molecule has 0 radical (unpaired) electrons. The molecule has 1 amide bonds. The van der Waals surface area contributed by atoms with E-state index in [9.17, 15) is 18.0 Å². The average molecular weight is 741 g/mol. The number of rotatable bonds is 8. The van der Waals surface area contributed by atoms with Gasteiger partial charge in [-0.3, -0.25) is 14.8 Å². The Bertz CT molecular complexity index is 2130. The number of likely N-dealkylation sites (tertiary alicyclic amines) is 1. The van der Waals surface area contributed by atoms with Crippen molar-refractivity contribution in [3.8, 4) is 16.9 Å². The van der Waals surface area contributed by atoms with Crippen LogP contribution in [0.1, 0.15) is 74.8 Å². The third-order valence-electron chi connectivity index (χ3n) is 13.5. The molecule has 5 saturated heterocycles. The quantitative estimate of drug-likeness (QED) is 0.191. The predicted molar refractivity (Wildman–Crippen MR) is 202 cm³/mol. The van der Waals surface area contributed by atoms with E-state index in [2.05, 4.69) is 37.5 Å². The second-order valence-corrected chi connectivity index (χ2v) is 16.9. The fraction of sp³-hybridized carbons (Fsp3) is 0.561. The van der Waals surface area contributed by atoms with Crippen molar-refractivity contribution in [1.82, 2.24) is 30.0 Å². The number of alkyl halides is 3. The first kappa shape index (κ1) is 34.1. The van der Waals surface area contributed by atoms with Gasteiger partial charge >= 0.3 is 6.18 Å². The highest BCUT2D eigenvalue weighted by Gasteiger charge is 2.48. The summed E-state index contributed by atoms with van der Waals surface area (Å²) in [6.07, 6.45) is 8.36. The van der Waals surface area contributed by atoms with Crippen LogP contribution >= 0.6 is 0 Å². The number of aromatic amines is 1. The third-order valence-corrected chi connectivity index (χ3v) is 13.5. The van der Waals surface area contributed by atoms with Crippen LogP contribution in [0.2, 0.25) is 0 Å². The van der Waals surface area contributed by atoms with Crippen molar-refractivity contribution in [3.05, 3.63) is 48.2 Å². The van der Waals surface area contributed by atoms with Crippen LogP contribution in [0.15, 0.2) is 37.1 Å². The number of H-pyrrole nitrogens is 1. The van der Waals surface area contributed by atoms with Crippen molar-refractivity contribution >= 4 is 39.5 Å². The Morgan fingerprint density at radius 1 is 0.963 bits per heavy atom. The Hall–Kier alpha value is -4.39. The number of aromatic nitrogens is 4. The molecule has 10 nitrogen and oxygen atoms in total. The maximum atomic E-state index is 14.2. The summed E-state index contributed by atoms with van der Waals surface area (Å²) in [5.74, 6) is 1.65. The predicted octanol–water partition coefficient (Wildman–Crippen LogP) is 7.12. The normalized spacial score (nSPS) is 25.3. The number of nitrogens with zero attached hydrogens (tertiary/aromatic N) is 7. The van der Waals surface area contributed by atoms with Gasteiger partial charge in [-0.2, -0.15) is 23.3 Å². The molecule has 13 heteroatoms. The van der Waals surface area contributed by atoms with Gasteiger partial charge in [0.05, 0.1) is 11.7 Å². The number of halogens is 3. The SMILES string of the molecule is C=CC(=O)N1CC2(CCN(c3nc(N4CC[C@@H](N5C6CCC5CC6)C4)nc4c(OCC(F)(F)F)c(-c5c(C)ccc6[nH]ncc56)c(C5CC5)cc34)CC2)C1. The number of benzene rings is 2. The van der Waals surface area contributed by atoms with E-state index in [1.165, 1.54) is 31.8 Å². The molecule has 10 rings (SSSR count). The summed E-state index contributed by atoms with van der Waals surface area (Å²) >= 11 is 0. The first-order valence-corrected chi connectivity index (χ1v) is 19.8. The van der Waals surface area contributed by atoms with E-state index in [0.717, 1.165) is 110 Å². The lowest BCUT2D eigenvalue weighted by Gasteiger charge is -2.54. The number of anilines is 2. The van der Waals surface area contributed by atoms with E-state index in [-0.39, 0.29) is 23.0 Å². The van der Waals surface area contributed by atoms with Crippen LogP contribution in [0.3, 0.4) is 0 Å². The number of ether oxygens (including phenoxy) is 1. The number of fused-ring (bicyclic) bond motifs is 4. The number of carbonyl (C=O) groups excluding carboxylic acids is 1. The molecule has 0 unspecified atom stereocenters. The van der Waals surface area contributed by atoms with Crippen LogP contribution in [-0.2, 0) is 4.79 Å². The molecule has 1 atom stereocenters. The fourth-order valence-electron chi connectivity index (χ4n) is 10.6. The van der Waals surface area contributed by atoms with Gasteiger partial charge in [-0.1, -0.05) is 12.6 Å². The number of piperidine rings is 1. The fourth-order valence-corrected chi connectivity index (χ4v) is 10.6. The van der Waals surface area contributed by atoms with Gasteiger partial charge in [-0.25, -0.2) is 4.98 Å². The van der Waals surface area contributed by atoms with E-state index in [1.807, 2.05) is 24.0 Å². The summed E-state index contributed by atoms with van der Waals surface area (Å²) in [7, 11) is 0. The number of hydrogen-bond donors (Lipinski definition) is 1. The molecule has 5 aliphatic heterocycles. The molecule has 2 aromatic heterocycles. The van der Waals surface area contributed by atoms with E-state index in [1.54, 1.807) is 6.20 Å². The molecule has 54 heavy (non-hydrogen) atoms. The van der Waals surface area contributed by atoms with E-state index < -0.39 is 12.8 Å². The lowest BCUT2D eigenvalue weighted by molar-refractivity contribution is -0.153. The van der Waals surface area contributed by atoms with Crippen molar-refractivity contribution < 1.29 is 22.7 Å². The smallest absolute Gasteiger partial charge is 0.422 e. The first-order chi connectivity index (χ1) is 26.1. The second-order valence-electron chi connectivity index (χ2n) is 16.9. The Balaban J connectivity index is 1.12. The minimum absolute atomic E-state index is 0.0310. The van der Waals surface area contributed by atoms with Crippen molar-refractivity contribution in [2.45, 2.75) is 94.9 Å². The van der Waals surface area contributed by atoms with Gasteiger partial charge in [0.15, 0.2) is 12.4 Å². The maximum Gasteiger partial charge on any atom is 0.422 e. The average Bonchev–Trinajstić information content (AvgIpc) is 3.47. The molecular formula is C41H47F3N8O2. The van der Waals surface area contributed by atoms with E-state index in [4.69, 9.17) is 14.7 Å². The van der Waals surface area contributed by atoms with Crippen molar-refractivity contribution in [1.29, 1.82) is 0 Å². The number of aryl methyl sites for hydroxylation is 1. The van der Waals surface area contributed by atoms with Gasteiger partial charge in [0.2, 0.25) is 11.9 Å². The standard InChI is InChI=1S/C41H47F3N8O2/c1-3-33(53)51-21-40(22-51)13-16-49(17-14-40)38-30-18-29(25-5-6-25)35(34-24(2)4-11-32-31(34)19-45-48-32)37(54-23-41(42,43)44)36(30)46-39(47-38)50-15-12-28(20-50)52-26-7-8-27(52)10-9-26/h3-4,11,18-19,25-28H,1,5-10,12-17,20-23H2,2H3,(H,45,48)/t26?,27?,28-/m1/s1. The molecule has 1 aliphatic carbocycles. The van der Waals surface area contributed by atoms with Crippen molar-refractivity contribution in [2.75, 3.05) is 55.7 Å². The maximum absolute atomic E-state index is 14.2. The van der Waals surface area contributed by atoms with Crippen LogP contribution in [0.5, 0.6) is 5.75 Å². The first-order valence-electron chi connectivity index (χ1n) is 19.8. The summed E-state index contributed by atoms with van der Waals surface area (Å²) in [5, 5.41) is 8.96. The van der Waals surface area contributed by atoms with Gasteiger partial charge in [0.25, 0.3) is 0 Å². The summed E-state index contributed by atoms with van der Waals surface area (Å²) in [6, 6.07) is 7.83. The van der Waals surface area contributed by atoms with Gasteiger partial charge < -0.3 is 19.4 Å². The van der Waals surface area contributed by atoms with E-state index >= 15 is 0 Å². The lowest BCUT2D eigenvalue weighted by Crippen LogP contribution is -2.61. The molecule has 1 saturated carbocycles. The van der Waals surface area contributed by atoms with Gasteiger partial charge in [-0.05, 0) is 106 Å². The van der Waals surface area contributed by atoms with E-state index in [0.29, 0.717) is 35.2 Å². The monoisotopic (exact) mass is 740 g/mol. The highest BCUT2D eigenvalue weighted by molar-refractivity contribution is 6.06. The molecular weight excluding hydrogens is 693 g/mol. The zero-order valence-electron chi connectivity index (χ0n) is 30.8. The highest BCUT2D eigenvalue weighted by atomic mass is 19.4. The Kier molecular flexibility index (Phi) is 7.95. The number of hydrogen-bond acceptors (Lipinski definition) is 8. The summed E-state index contributed by atoms with van der Waals surface area (Å²) in [4.78, 5) is 32.0. The van der Waals surface area contributed by atoms with Gasteiger partial charge in [0, 0.05) is 79.1 Å². The zero-order chi connectivity index (χ0) is 36.9. The van der Waals surface area contributed by atoms with Crippen molar-refractivity contribution in [2.24, 2.45) is 5.41 Å². The topological polar surface area (TPSA) is 93.7 Å². The largest absolute Gasteiger partial charge is 0.481 e. The van der Waals surface area contributed by atoms with Crippen LogP contribution < -0.4 is 14.5 Å². The Labute approximate surface area is 312 Å². The molecule has 1 N–H and O–H groups in total. The molecule has 6 fully saturated rings. The van der Waals surface area contributed by atoms with Crippen LogP contribution in [0, 0.1) is 12.3 Å². The second kappa shape index (κ2) is 12.6. The summed E-state index contributed by atoms with van der Waals surface area (Å²) in [6.45, 7) is 8.73. The number of amides is 1. The third kappa shape index (κ3) is 5.71. The Morgan fingerprint density at radius 2 is 1.70 bits per heavy atom.